The summed E-state index contributed by atoms with van der Waals surface area (Å²) >= 11 is 0. The number of ether oxygens (including phenoxy) is 2. The number of anilines is 1. The van der Waals surface area contributed by atoms with Crippen LogP contribution in [0.5, 0.6) is 17.2 Å². The predicted octanol–water partition coefficient (Wildman–Crippen LogP) is 3.62. The van der Waals surface area contributed by atoms with Gasteiger partial charge in [-0.15, -0.1) is 0 Å². The lowest BCUT2D eigenvalue weighted by Gasteiger charge is -2.54. The molecule has 4 atom stereocenters. The highest BCUT2D eigenvalue weighted by Crippen LogP contribution is 2.62. The van der Waals surface area contributed by atoms with Gasteiger partial charge < -0.3 is 24.8 Å². The minimum absolute atomic E-state index is 0.0270. The first kappa shape index (κ1) is 18.4. The smallest absolute Gasteiger partial charge is 0.165 e. The Labute approximate surface area is 178 Å². The fraction of sp³-hybridized carbons (Fsp3) is 0.520. The fourth-order valence-electron chi connectivity index (χ4n) is 6.85. The summed E-state index contributed by atoms with van der Waals surface area (Å²) in [5.41, 5.74) is 3.84. The topological polar surface area (TPSA) is 54.0 Å². The number of phenolic OH excluding ortho intramolecular Hbond substituents is 1. The van der Waals surface area contributed by atoms with Gasteiger partial charge in [-0.1, -0.05) is 18.2 Å². The van der Waals surface area contributed by atoms with E-state index in [9.17, 15) is 5.11 Å². The van der Waals surface area contributed by atoms with Crippen LogP contribution in [0.3, 0.4) is 0 Å². The summed E-state index contributed by atoms with van der Waals surface area (Å²) in [5, 5.41) is 14.1. The molecule has 0 radical (unpaired) electrons. The number of hydrogen-bond donors (Lipinski definition) is 2. The first-order valence-electron chi connectivity index (χ1n) is 11.4. The molecule has 0 saturated heterocycles. The quantitative estimate of drug-likeness (QED) is 0.812. The first-order valence-corrected chi connectivity index (χ1v) is 11.4. The van der Waals surface area contributed by atoms with Crippen molar-refractivity contribution in [3.63, 3.8) is 0 Å². The molecule has 2 aromatic rings. The third kappa shape index (κ3) is 2.38. The van der Waals surface area contributed by atoms with Crippen LogP contribution in [-0.2, 0) is 11.8 Å². The number of phenols is 1. The number of hydrogen-bond acceptors (Lipinski definition) is 5. The molecule has 0 aromatic heterocycles. The highest BCUT2D eigenvalue weighted by Gasteiger charge is 2.62. The summed E-state index contributed by atoms with van der Waals surface area (Å²) in [6.45, 7) is 2.54. The average molecular weight is 407 g/mol. The van der Waals surface area contributed by atoms with Crippen LogP contribution >= 0.6 is 0 Å². The number of para-hydroxylation sites is 2. The predicted molar refractivity (Wildman–Crippen MR) is 117 cm³/mol. The van der Waals surface area contributed by atoms with Crippen molar-refractivity contribution < 1.29 is 14.6 Å². The van der Waals surface area contributed by atoms with E-state index in [4.69, 9.17) is 9.47 Å². The Kier molecular flexibility index (Phi) is 4.17. The van der Waals surface area contributed by atoms with Crippen LogP contribution in [0.25, 0.3) is 0 Å². The van der Waals surface area contributed by atoms with Crippen LogP contribution in [0.15, 0.2) is 36.4 Å². The van der Waals surface area contributed by atoms with Crippen molar-refractivity contribution in [1.82, 2.24) is 5.32 Å². The van der Waals surface area contributed by atoms with Crippen molar-refractivity contribution >= 4 is 5.69 Å². The number of aryl methyl sites for hydroxylation is 1. The molecule has 2 aliphatic heterocycles. The van der Waals surface area contributed by atoms with Crippen molar-refractivity contribution in [2.45, 2.75) is 49.7 Å². The lowest BCUT2D eigenvalue weighted by Crippen LogP contribution is -2.62. The Morgan fingerprint density at radius 2 is 2.07 bits per heavy atom. The molecule has 3 unspecified atom stereocenters. The molecule has 6 rings (SSSR count). The van der Waals surface area contributed by atoms with Gasteiger partial charge >= 0.3 is 0 Å². The second kappa shape index (κ2) is 6.81. The van der Waals surface area contributed by atoms with E-state index in [2.05, 4.69) is 34.5 Å². The van der Waals surface area contributed by atoms with Crippen molar-refractivity contribution in [3.8, 4) is 17.2 Å². The van der Waals surface area contributed by atoms with E-state index in [1.165, 1.54) is 29.7 Å². The third-order valence-corrected chi connectivity index (χ3v) is 8.05. The number of nitrogens with one attached hydrogen (secondary N) is 1. The van der Waals surface area contributed by atoms with Gasteiger partial charge in [0.05, 0.1) is 18.3 Å². The van der Waals surface area contributed by atoms with E-state index >= 15 is 0 Å². The van der Waals surface area contributed by atoms with Gasteiger partial charge in [0.1, 0.15) is 18.5 Å². The fourth-order valence-corrected chi connectivity index (χ4v) is 6.85. The largest absolute Gasteiger partial charge is 0.504 e. The van der Waals surface area contributed by atoms with Crippen LogP contribution in [-0.4, -0.2) is 44.0 Å². The van der Waals surface area contributed by atoms with Gasteiger partial charge in [0.25, 0.3) is 0 Å². The Bertz CT molecular complexity index is 977. The zero-order valence-corrected chi connectivity index (χ0v) is 17.6. The maximum atomic E-state index is 10.7. The van der Waals surface area contributed by atoms with Gasteiger partial charge in [-0.3, -0.25) is 0 Å². The average Bonchev–Trinajstić information content (AvgIpc) is 3.15. The number of rotatable bonds is 4. The number of nitrogens with zero attached hydrogens (tertiary/aromatic N) is 1. The maximum Gasteiger partial charge on any atom is 0.165 e. The van der Waals surface area contributed by atoms with Gasteiger partial charge in [0, 0.05) is 11.0 Å². The molecule has 1 saturated carbocycles. The van der Waals surface area contributed by atoms with E-state index in [1.807, 2.05) is 19.2 Å². The Hall–Kier alpha value is -2.40. The standard InChI is InChI=1S/C25H30N2O3/c1-26-13-12-25-17-8-6-16-7-11-20(28)23(22(16)25)30-24(25)19(10-9-17)27-14-15-29-21-5-3-2-4-18(21)27/h2-5,7,11,17,19,24,26,28H,6,8-10,12-15H2,1H3/t17?,19?,24?,25-/m0/s1. The summed E-state index contributed by atoms with van der Waals surface area (Å²) in [7, 11) is 2.03. The van der Waals surface area contributed by atoms with Crippen LogP contribution in [0.4, 0.5) is 5.69 Å². The molecule has 0 amide bonds. The van der Waals surface area contributed by atoms with Gasteiger partial charge in [-0.05, 0) is 75.4 Å². The number of aromatic hydroxyl groups is 1. The summed E-state index contributed by atoms with van der Waals surface area (Å²) in [4.78, 5) is 2.53. The van der Waals surface area contributed by atoms with E-state index in [-0.39, 0.29) is 17.6 Å². The van der Waals surface area contributed by atoms with Gasteiger partial charge in [-0.25, -0.2) is 0 Å². The van der Waals surface area contributed by atoms with Crippen LogP contribution in [0.2, 0.25) is 0 Å². The van der Waals surface area contributed by atoms with Crippen molar-refractivity contribution in [2.75, 3.05) is 31.6 Å². The summed E-state index contributed by atoms with van der Waals surface area (Å²) in [5.74, 6) is 2.64. The molecule has 5 heteroatoms. The van der Waals surface area contributed by atoms with Gasteiger partial charge in [0.2, 0.25) is 0 Å². The van der Waals surface area contributed by atoms with E-state index in [1.54, 1.807) is 0 Å². The lowest BCUT2D eigenvalue weighted by molar-refractivity contribution is 0.0180. The normalized spacial score (nSPS) is 30.8. The molecule has 2 N–H and O–H groups in total. The first-order chi connectivity index (χ1) is 14.7. The zero-order chi connectivity index (χ0) is 20.3. The van der Waals surface area contributed by atoms with Gasteiger partial charge in [0.15, 0.2) is 11.5 Å². The molecule has 0 bridgehead atoms. The third-order valence-electron chi connectivity index (χ3n) is 8.05. The van der Waals surface area contributed by atoms with Crippen LogP contribution < -0.4 is 19.7 Å². The molecule has 158 valence electrons. The molecule has 4 aliphatic rings. The molecule has 2 heterocycles. The number of fused-ring (bicyclic) bond motifs is 1. The summed E-state index contributed by atoms with van der Waals surface area (Å²) in [6, 6.07) is 12.6. The molecule has 30 heavy (non-hydrogen) atoms. The van der Waals surface area contributed by atoms with Crippen molar-refractivity contribution in [3.05, 3.63) is 47.5 Å². The molecular formula is C25H30N2O3. The highest BCUT2D eigenvalue weighted by molar-refractivity contribution is 5.63. The van der Waals surface area contributed by atoms with Crippen LogP contribution in [0, 0.1) is 5.92 Å². The number of benzene rings is 2. The zero-order valence-electron chi connectivity index (χ0n) is 17.6. The minimum Gasteiger partial charge on any atom is -0.504 e. The molecule has 5 nitrogen and oxygen atoms in total. The van der Waals surface area contributed by atoms with E-state index in [0.717, 1.165) is 43.9 Å². The van der Waals surface area contributed by atoms with E-state index in [0.29, 0.717) is 18.3 Å². The second-order valence-electron chi connectivity index (χ2n) is 9.27. The highest BCUT2D eigenvalue weighted by atomic mass is 16.5. The Morgan fingerprint density at radius 1 is 1.17 bits per heavy atom. The lowest BCUT2D eigenvalue weighted by atomic mass is 9.54. The SMILES string of the molecule is CNCC[C@]12c3c4ccc(O)c3OC1C(N1CCOc3ccccc31)CCC2CC4. The summed E-state index contributed by atoms with van der Waals surface area (Å²) < 4.78 is 12.7. The molecule has 0 spiro atoms. The van der Waals surface area contributed by atoms with Crippen LogP contribution in [0.1, 0.15) is 36.8 Å². The minimum atomic E-state index is -0.0270. The molecule has 2 aliphatic carbocycles. The maximum absolute atomic E-state index is 10.7. The second-order valence-corrected chi connectivity index (χ2v) is 9.27. The molecule has 1 fully saturated rings. The van der Waals surface area contributed by atoms with Crippen molar-refractivity contribution in [1.29, 1.82) is 0 Å². The molecular weight excluding hydrogens is 376 g/mol. The van der Waals surface area contributed by atoms with Crippen molar-refractivity contribution in [2.24, 2.45) is 5.92 Å². The Balaban J connectivity index is 1.49. The monoisotopic (exact) mass is 406 g/mol. The van der Waals surface area contributed by atoms with E-state index < -0.39 is 0 Å². The summed E-state index contributed by atoms with van der Waals surface area (Å²) in [6.07, 6.45) is 5.74. The Morgan fingerprint density at radius 3 is 2.97 bits per heavy atom. The van der Waals surface area contributed by atoms with Gasteiger partial charge in [-0.2, -0.15) is 0 Å². The molecule has 2 aromatic carbocycles.